The molecule has 1 rings (SSSR count). The van der Waals surface area contributed by atoms with E-state index in [4.69, 9.17) is 10.5 Å². The van der Waals surface area contributed by atoms with Gasteiger partial charge in [0.1, 0.15) is 0 Å². The zero-order chi connectivity index (χ0) is 16.0. The standard InChI is InChI=1S/C17H28N2O2S/c1-2-21-17(20)14-22-16(9-3-4-11-18)10-5-7-15-8-6-12-19-13-15/h6,8,12-13,16H,2-5,7,9-11,14,18H2,1H3. The molecule has 1 heterocycles. The highest BCUT2D eigenvalue weighted by molar-refractivity contribution is 8.00. The quantitative estimate of drug-likeness (QED) is 0.472. The molecule has 0 amide bonds. The van der Waals surface area contributed by atoms with Crippen molar-refractivity contribution in [2.24, 2.45) is 5.73 Å². The summed E-state index contributed by atoms with van der Waals surface area (Å²) in [7, 11) is 0. The predicted octanol–water partition coefficient (Wildman–Crippen LogP) is 3.20. The van der Waals surface area contributed by atoms with E-state index in [9.17, 15) is 4.79 Å². The molecule has 0 bridgehead atoms. The Morgan fingerprint density at radius 2 is 2.18 bits per heavy atom. The maximum atomic E-state index is 11.5. The highest BCUT2D eigenvalue weighted by Crippen LogP contribution is 2.23. The van der Waals surface area contributed by atoms with Crippen LogP contribution in [0.25, 0.3) is 0 Å². The highest BCUT2D eigenvalue weighted by Gasteiger charge is 2.12. The van der Waals surface area contributed by atoms with E-state index in [1.807, 2.05) is 19.2 Å². The van der Waals surface area contributed by atoms with Gasteiger partial charge in [-0.25, -0.2) is 0 Å². The Morgan fingerprint density at radius 1 is 1.36 bits per heavy atom. The minimum atomic E-state index is -0.108. The predicted molar refractivity (Wildman–Crippen MR) is 93.0 cm³/mol. The Balaban J connectivity index is 2.31. The number of pyridine rings is 1. The number of ether oxygens (including phenoxy) is 1. The number of nitrogens with two attached hydrogens (primary N) is 1. The fourth-order valence-corrected chi connectivity index (χ4v) is 3.42. The van der Waals surface area contributed by atoms with Crippen molar-refractivity contribution in [3.63, 3.8) is 0 Å². The fourth-order valence-electron chi connectivity index (χ4n) is 2.30. The molecule has 1 unspecified atom stereocenters. The summed E-state index contributed by atoms with van der Waals surface area (Å²) in [4.78, 5) is 15.6. The van der Waals surface area contributed by atoms with Crippen molar-refractivity contribution in [2.75, 3.05) is 18.9 Å². The van der Waals surface area contributed by atoms with Crippen LogP contribution in [0.1, 0.15) is 44.6 Å². The maximum Gasteiger partial charge on any atom is 0.315 e. The van der Waals surface area contributed by atoms with Crippen molar-refractivity contribution < 1.29 is 9.53 Å². The minimum absolute atomic E-state index is 0.108. The van der Waals surface area contributed by atoms with Crippen LogP contribution in [-0.4, -0.2) is 35.1 Å². The SMILES string of the molecule is CCOC(=O)CSC(CCCCN)CCCc1cccnc1. The topological polar surface area (TPSA) is 65.2 Å². The number of hydrogen-bond acceptors (Lipinski definition) is 5. The molecule has 1 aromatic rings. The fraction of sp³-hybridized carbons (Fsp3) is 0.647. The van der Waals surface area contributed by atoms with Crippen LogP contribution in [0, 0.1) is 0 Å². The minimum Gasteiger partial charge on any atom is -0.465 e. The summed E-state index contributed by atoms with van der Waals surface area (Å²) >= 11 is 1.72. The van der Waals surface area contributed by atoms with Gasteiger partial charge >= 0.3 is 5.97 Å². The Bertz CT molecular complexity index is 401. The largest absolute Gasteiger partial charge is 0.465 e. The molecule has 0 spiro atoms. The van der Waals surface area contributed by atoms with Gasteiger partial charge in [0.2, 0.25) is 0 Å². The van der Waals surface area contributed by atoms with Crippen molar-refractivity contribution >= 4 is 17.7 Å². The smallest absolute Gasteiger partial charge is 0.315 e. The lowest BCUT2D eigenvalue weighted by Crippen LogP contribution is -2.12. The summed E-state index contributed by atoms with van der Waals surface area (Å²) in [5.74, 6) is 0.345. The van der Waals surface area contributed by atoms with Gasteiger partial charge in [0.25, 0.3) is 0 Å². The molecule has 0 aliphatic carbocycles. The van der Waals surface area contributed by atoms with Crippen molar-refractivity contribution in [1.82, 2.24) is 4.98 Å². The lowest BCUT2D eigenvalue weighted by molar-refractivity contribution is -0.139. The first kappa shape index (κ1) is 19.0. The van der Waals surface area contributed by atoms with Gasteiger partial charge in [-0.2, -0.15) is 0 Å². The van der Waals surface area contributed by atoms with Crippen LogP contribution >= 0.6 is 11.8 Å². The number of unbranched alkanes of at least 4 members (excludes halogenated alkanes) is 1. The normalized spacial score (nSPS) is 12.1. The molecule has 0 aliphatic rings. The van der Waals surface area contributed by atoms with Crippen molar-refractivity contribution in [2.45, 2.75) is 50.7 Å². The number of aryl methyl sites for hydroxylation is 1. The third-order valence-corrected chi connectivity index (χ3v) is 4.78. The lowest BCUT2D eigenvalue weighted by atomic mass is 10.1. The number of nitrogens with zero attached hydrogens (tertiary/aromatic N) is 1. The molecular weight excluding hydrogens is 296 g/mol. The van der Waals surface area contributed by atoms with Crippen molar-refractivity contribution in [3.8, 4) is 0 Å². The molecule has 5 heteroatoms. The zero-order valence-corrected chi connectivity index (χ0v) is 14.3. The van der Waals surface area contributed by atoms with E-state index in [0.29, 0.717) is 17.6 Å². The van der Waals surface area contributed by atoms with Gasteiger partial charge in [-0.1, -0.05) is 12.5 Å². The van der Waals surface area contributed by atoms with Crippen LogP contribution < -0.4 is 5.73 Å². The van der Waals surface area contributed by atoms with E-state index < -0.39 is 0 Å². The van der Waals surface area contributed by atoms with E-state index in [1.165, 1.54) is 5.56 Å². The summed E-state index contributed by atoms with van der Waals surface area (Å²) in [6.45, 7) is 3.04. The number of carbonyl (C=O) groups is 1. The van der Waals surface area contributed by atoms with Crippen LogP contribution in [0.15, 0.2) is 24.5 Å². The second kappa shape index (κ2) is 12.5. The summed E-state index contributed by atoms with van der Waals surface area (Å²) in [5.41, 5.74) is 6.84. The van der Waals surface area contributed by atoms with Crippen LogP contribution in [0.5, 0.6) is 0 Å². The van der Waals surface area contributed by atoms with Crippen LogP contribution in [0.2, 0.25) is 0 Å². The van der Waals surface area contributed by atoms with Gasteiger partial charge in [0, 0.05) is 17.6 Å². The zero-order valence-electron chi connectivity index (χ0n) is 13.5. The molecule has 124 valence electrons. The summed E-state index contributed by atoms with van der Waals surface area (Å²) in [5, 5.41) is 0.507. The Labute approximate surface area is 138 Å². The number of esters is 1. The first-order valence-electron chi connectivity index (χ1n) is 8.12. The van der Waals surface area contributed by atoms with E-state index in [1.54, 1.807) is 18.0 Å². The Hall–Kier alpha value is -1.07. The molecule has 22 heavy (non-hydrogen) atoms. The molecule has 4 nitrogen and oxygen atoms in total. The van der Waals surface area contributed by atoms with Crippen LogP contribution in [-0.2, 0) is 16.0 Å². The number of thioether (sulfide) groups is 1. The average Bonchev–Trinajstić information content (AvgIpc) is 2.53. The van der Waals surface area contributed by atoms with Crippen molar-refractivity contribution in [1.29, 1.82) is 0 Å². The summed E-state index contributed by atoms with van der Waals surface area (Å²) < 4.78 is 5.00. The average molecular weight is 324 g/mol. The maximum absolute atomic E-state index is 11.5. The van der Waals surface area contributed by atoms with Gasteiger partial charge in [0.15, 0.2) is 0 Å². The Kier molecular flexibility index (Phi) is 10.8. The lowest BCUT2D eigenvalue weighted by Gasteiger charge is -2.16. The van der Waals surface area contributed by atoms with Gasteiger partial charge < -0.3 is 10.5 Å². The summed E-state index contributed by atoms with van der Waals surface area (Å²) in [6.07, 6.45) is 10.3. The van der Waals surface area contributed by atoms with E-state index in [2.05, 4.69) is 11.1 Å². The van der Waals surface area contributed by atoms with E-state index in [-0.39, 0.29) is 5.97 Å². The third kappa shape index (κ3) is 9.05. The molecule has 0 fully saturated rings. The first-order valence-corrected chi connectivity index (χ1v) is 9.17. The molecular formula is C17H28N2O2S. The van der Waals surface area contributed by atoms with Gasteiger partial charge in [0.05, 0.1) is 12.4 Å². The van der Waals surface area contributed by atoms with Crippen LogP contribution in [0.3, 0.4) is 0 Å². The van der Waals surface area contributed by atoms with E-state index in [0.717, 1.165) is 45.1 Å². The van der Waals surface area contributed by atoms with Gasteiger partial charge in [-0.15, -0.1) is 11.8 Å². The molecule has 0 aromatic carbocycles. The highest BCUT2D eigenvalue weighted by atomic mass is 32.2. The molecule has 0 saturated carbocycles. The third-order valence-electron chi connectivity index (χ3n) is 3.44. The van der Waals surface area contributed by atoms with E-state index >= 15 is 0 Å². The number of carbonyl (C=O) groups excluding carboxylic acids is 1. The monoisotopic (exact) mass is 324 g/mol. The summed E-state index contributed by atoms with van der Waals surface area (Å²) in [6, 6.07) is 4.09. The molecule has 2 N–H and O–H groups in total. The second-order valence-corrected chi connectivity index (χ2v) is 6.56. The van der Waals surface area contributed by atoms with Crippen molar-refractivity contribution in [3.05, 3.63) is 30.1 Å². The Morgan fingerprint density at radius 3 is 2.86 bits per heavy atom. The first-order chi connectivity index (χ1) is 10.8. The second-order valence-electron chi connectivity index (χ2n) is 5.28. The van der Waals surface area contributed by atoms with Crippen LogP contribution in [0.4, 0.5) is 0 Å². The molecule has 1 atom stereocenters. The number of rotatable bonds is 12. The number of hydrogen-bond donors (Lipinski definition) is 1. The molecule has 0 radical (unpaired) electrons. The number of aromatic nitrogens is 1. The molecule has 0 aliphatic heterocycles. The molecule has 0 saturated heterocycles. The van der Waals surface area contributed by atoms with Gasteiger partial charge in [-0.05, 0) is 57.2 Å². The van der Waals surface area contributed by atoms with Gasteiger partial charge in [-0.3, -0.25) is 9.78 Å². The molecule has 1 aromatic heterocycles.